The second kappa shape index (κ2) is 6.54. The summed E-state index contributed by atoms with van der Waals surface area (Å²) in [4.78, 5) is 49.7. The molecule has 1 aromatic carbocycles. The van der Waals surface area contributed by atoms with Gasteiger partial charge < -0.3 is 15.9 Å². The van der Waals surface area contributed by atoms with Gasteiger partial charge in [-0.2, -0.15) is 0 Å². The number of hydrogen-bond donors (Lipinski definition) is 3. The van der Waals surface area contributed by atoms with E-state index >= 15 is 0 Å². The number of imide groups is 1. The van der Waals surface area contributed by atoms with Crippen LogP contribution in [0, 0.1) is 5.92 Å². The lowest BCUT2D eigenvalue weighted by Crippen LogP contribution is -2.61. The Balaban J connectivity index is 2.64. The predicted octanol–water partition coefficient (Wildman–Crippen LogP) is 1.60. The lowest BCUT2D eigenvalue weighted by molar-refractivity contribution is -0.154. The summed E-state index contributed by atoms with van der Waals surface area (Å²) in [5, 5.41) is 19.0. The molecule has 1 heterocycles. The zero-order valence-electron chi connectivity index (χ0n) is 14.0. The van der Waals surface area contributed by atoms with Crippen molar-refractivity contribution < 1.29 is 29.4 Å². The number of rotatable bonds is 7. The molecule has 0 fully saturated rings. The van der Waals surface area contributed by atoms with Crippen molar-refractivity contribution in [1.82, 2.24) is 4.90 Å². The monoisotopic (exact) mass is 348 g/mol. The fourth-order valence-electron chi connectivity index (χ4n) is 3.53. The molecule has 0 aromatic heterocycles. The molecule has 134 valence electrons. The number of benzene rings is 1. The number of nitrogen functional groups attached to an aromatic ring is 1. The minimum absolute atomic E-state index is 0.0363. The Hall–Kier alpha value is -2.90. The first kappa shape index (κ1) is 18.4. The van der Waals surface area contributed by atoms with Crippen LogP contribution in [0.15, 0.2) is 18.2 Å². The van der Waals surface area contributed by atoms with Crippen molar-refractivity contribution in [3.63, 3.8) is 0 Å². The highest BCUT2D eigenvalue weighted by Gasteiger charge is 2.57. The van der Waals surface area contributed by atoms with Gasteiger partial charge in [-0.3, -0.25) is 19.3 Å². The number of anilines is 1. The molecule has 8 nitrogen and oxygen atoms in total. The van der Waals surface area contributed by atoms with Crippen molar-refractivity contribution in [3.05, 3.63) is 29.3 Å². The summed E-state index contributed by atoms with van der Waals surface area (Å²) < 4.78 is 0. The standard InChI is InChI=1S/C17H20N2O6/c1-3-9(7-13(20)21)17(4-2,16(24)25)19-14(22)11-6-5-10(18)8-12(11)15(19)23/h5-6,8-9H,3-4,7,18H2,1-2H3,(H,20,21)(H,24,25). The molecule has 1 aliphatic heterocycles. The zero-order chi connectivity index (χ0) is 18.9. The van der Waals surface area contributed by atoms with Gasteiger partial charge in [-0.25, -0.2) is 4.79 Å². The number of nitrogens with zero attached hydrogens (tertiary/aromatic N) is 1. The highest BCUT2D eigenvalue weighted by Crippen LogP contribution is 2.40. The van der Waals surface area contributed by atoms with E-state index < -0.39 is 41.6 Å². The van der Waals surface area contributed by atoms with Crippen LogP contribution in [-0.2, 0) is 9.59 Å². The molecule has 2 amide bonds. The number of nitrogens with two attached hydrogens (primary N) is 1. The lowest BCUT2D eigenvalue weighted by atomic mass is 9.76. The highest BCUT2D eigenvalue weighted by atomic mass is 16.4. The van der Waals surface area contributed by atoms with Crippen LogP contribution >= 0.6 is 0 Å². The molecule has 1 aliphatic rings. The molecular formula is C17H20N2O6. The van der Waals surface area contributed by atoms with E-state index in [1.54, 1.807) is 6.92 Å². The minimum atomic E-state index is -1.94. The Labute approximate surface area is 144 Å². The Kier molecular flexibility index (Phi) is 4.82. The van der Waals surface area contributed by atoms with Gasteiger partial charge in [0.2, 0.25) is 0 Å². The van der Waals surface area contributed by atoms with Gasteiger partial charge in [-0.1, -0.05) is 13.8 Å². The van der Waals surface area contributed by atoms with Gasteiger partial charge in [0.25, 0.3) is 11.8 Å². The number of carbonyl (C=O) groups excluding carboxylic acids is 2. The molecule has 0 spiro atoms. The van der Waals surface area contributed by atoms with Gasteiger partial charge in [0.05, 0.1) is 17.5 Å². The molecule has 0 saturated heterocycles. The molecule has 8 heteroatoms. The maximum absolute atomic E-state index is 12.8. The molecule has 2 unspecified atom stereocenters. The first-order valence-electron chi connectivity index (χ1n) is 7.94. The molecule has 25 heavy (non-hydrogen) atoms. The predicted molar refractivity (Wildman–Crippen MR) is 88.0 cm³/mol. The topological polar surface area (TPSA) is 138 Å². The smallest absolute Gasteiger partial charge is 0.330 e. The summed E-state index contributed by atoms with van der Waals surface area (Å²) >= 11 is 0. The Morgan fingerprint density at radius 2 is 1.76 bits per heavy atom. The molecular weight excluding hydrogens is 328 g/mol. The quantitative estimate of drug-likeness (QED) is 0.502. The zero-order valence-corrected chi connectivity index (χ0v) is 14.0. The van der Waals surface area contributed by atoms with E-state index in [0.29, 0.717) is 4.90 Å². The fraction of sp³-hybridized carbons (Fsp3) is 0.412. The maximum Gasteiger partial charge on any atom is 0.330 e. The molecule has 0 aliphatic carbocycles. The van der Waals surface area contributed by atoms with Crippen LogP contribution in [0.25, 0.3) is 0 Å². The number of carboxylic acids is 2. The van der Waals surface area contributed by atoms with E-state index in [1.165, 1.54) is 25.1 Å². The number of amides is 2. The van der Waals surface area contributed by atoms with E-state index in [-0.39, 0.29) is 29.7 Å². The Bertz CT molecular complexity index is 760. The molecule has 1 aromatic rings. The van der Waals surface area contributed by atoms with Crippen molar-refractivity contribution in [1.29, 1.82) is 0 Å². The first-order valence-corrected chi connectivity index (χ1v) is 7.94. The fourth-order valence-corrected chi connectivity index (χ4v) is 3.53. The summed E-state index contributed by atoms with van der Waals surface area (Å²) in [5.41, 5.74) is 4.11. The molecule has 4 N–H and O–H groups in total. The van der Waals surface area contributed by atoms with Crippen LogP contribution in [0.3, 0.4) is 0 Å². The van der Waals surface area contributed by atoms with Gasteiger partial charge in [0.15, 0.2) is 5.54 Å². The van der Waals surface area contributed by atoms with Crippen LogP contribution in [0.5, 0.6) is 0 Å². The van der Waals surface area contributed by atoms with Crippen LogP contribution in [0.4, 0.5) is 5.69 Å². The number of aliphatic carboxylic acids is 2. The molecule has 2 atom stereocenters. The summed E-state index contributed by atoms with van der Waals surface area (Å²) in [6.07, 6.45) is -0.386. The van der Waals surface area contributed by atoms with E-state index in [4.69, 9.17) is 10.8 Å². The van der Waals surface area contributed by atoms with E-state index in [1.807, 2.05) is 0 Å². The largest absolute Gasteiger partial charge is 0.481 e. The SMILES string of the molecule is CCC(CC(=O)O)C(CC)(C(=O)O)N1C(=O)c2ccc(N)cc2C1=O. The number of carboxylic acid groups (broad SMARTS) is 2. The van der Waals surface area contributed by atoms with Gasteiger partial charge in [0.1, 0.15) is 0 Å². The van der Waals surface area contributed by atoms with Gasteiger partial charge in [-0.05, 0) is 31.0 Å². The van der Waals surface area contributed by atoms with Crippen molar-refractivity contribution in [2.45, 2.75) is 38.6 Å². The number of carbonyl (C=O) groups is 4. The molecule has 2 rings (SSSR count). The average Bonchev–Trinajstić information content (AvgIpc) is 2.79. The van der Waals surface area contributed by atoms with Crippen molar-refractivity contribution >= 4 is 29.4 Å². The Morgan fingerprint density at radius 1 is 1.16 bits per heavy atom. The van der Waals surface area contributed by atoms with Gasteiger partial charge >= 0.3 is 11.9 Å². The second-order valence-corrected chi connectivity index (χ2v) is 6.04. The Morgan fingerprint density at radius 3 is 2.24 bits per heavy atom. The van der Waals surface area contributed by atoms with Crippen molar-refractivity contribution in [2.75, 3.05) is 5.73 Å². The van der Waals surface area contributed by atoms with Crippen molar-refractivity contribution in [3.8, 4) is 0 Å². The minimum Gasteiger partial charge on any atom is -0.481 e. The van der Waals surface area contributed by atoms with Crippen LogP contribution in [0.1, 0.15) is 53.8 Å². The summed E-state index contributed by atoms with van der Waals surface area (Å²) in [6.45, 7) is 3.16. The van der Waals surface area contributed by atoms with Crippen molar-refractivity contribution in [2.24, 2.45) is 5.92 Å². The van der Waals surface area contributed by atoms with Gasteiger partial charge in [0, 0.05) is 11.6 Å². The normalized spacial score (nSPS) is 17.1. The van der Waals surface area contributed by atoms with Crippen LogP contribution in [0.2, 0.25) is 0 Å². The number of hydrogen-bond acceptors (Lipinski definition) is 5. The third-order valence-electron chi connectivity index (χ3n) is 4.81. The molecule has 0 radical (unpaired) electrons. The molecule has 0 bridgehead atoms. The third kappa shape index (κ3) is 2.73. The maximum atomic E-state index is 12.8. The van der Waals surface area contributed by atoms with Gasteiger partial charge in [-0.15, -0.1) is 0 Å². The summed E-state index contributed by atoms with van der Waals surface area (Å²) in [7, 11) is 0. The first-order chi connectivity index (χ1) is 11.7. The highest BCUT2D eigenvalue weighted by molar-refractivity contribution is 6.23. The third-order valence-corrected chi connectivity index (χ3v) is 4.81. The lowest BCUT2D eigenvalue weighted by Gasteiger charge is -2.41. The summed E-state index contributed by atoms with van der Waals surface area (Å²) in [6, 6.07) is 4.16. The van der Waals surface area contributed by atoms with E-state index in [0.717, 1.165) is 0 Å². The van der Waals surface area contributed by atoms with Crippen LogP contribution < -0.4 is 5.73 Å². The molecule has 0 saturated carbocycles. The average molecular weight is 348 g/mol. The van der Waals surface area contributed by atoms with E-state index in [2.05, 4.69) is 0 Å². The number of fused-ring (bicyclic) bond motifs is 1. The van der Waals surface area contributed by atoms with Crippen LogP contribution in [-0.4, -0.2) is 44.4 Å². The second-order valence-electron chi connectivity index (χ2n) is 6.04. The van der Waals surface area contributed by atoms with E-state index in [9.17, 15) is 24.3 Å². The summed E-state index contributed by atoms with van der Waals surface area (Å²) in [5.74, 6) is -5.02.